The molecule has 0 radical (unpaired) electrons. The molecule has 3 amide bonds. The van der Waals surface area contributed by atoms with E-state index in [1.807, 2.05) is 30.3 Å². The summed E-state index contributed by atoms with van der Waals surface area (Å²) in [5.41, 5.74) is 2.87. The zero-order chi connectivity index (χ0) is 21.7. The van der Waals surface area contributed by atoms with Gasteiger partial charge in [0, 0.05) is 35.1 Å². The van der Waals surface area contributed by atoms with Crippen molar-refractivity contribution in [1.29, 1.82) is 0 Å². The van der Waals surface area contributed by atoms with Crippen LogP contribution in [0.1, 0.15) is 0 Å². The predicted octanol–water partition coefficient (Wildman–Crippen LogP) is 4.98. The van der Waals surface area contributed by atoms with Crippen LogP contribution in [0.3, 0.4) is 0 Å². The first-order chi connectivity index (χ1) is 14.3. The highest BCUT2D eigenvalue weighted by Crippen LogP contribution is 2.24. The van der Waals surface area contributed by atoms with Crippen LogP contribution in [0.4, 0.5) is 22.0 Å². The summed E-state index contributed by atoms with van der Waals surface area (Å²) in [6, 6.07) is 17.6. The second-order valence-electron chi connectivity index (χ2n) is 6.40. The van der Waals surface area contributed by atoms with Crippen LogP contribution in [0.25, 0.3) is 11.3 Å². The zero-order valence-electron chi connectivity index (χ0n) is 16.3. The van der Waals surface area contributed by atoms with Gasteiger partial charge in [0.05, 0.1) is 11.3 Å². The normalized spacial score (nSPS) is 10.2. The standard InChI is InChI=1S/C22H20ClN5O2/c1-14(15(2)23)21(29)24-18-11-9-16(10-12-18)19-13-20(28(3)27-19)26-22(30)25-17-7-5-4-6-8-17/h4-13H,1-2H2,3H3,(H,24,29)(H2,25,26,30). The fraction of sp³-hybridized carbons (Fsp3) is 0.0455. The van der Waals surface area contributed by atoms with Gasteiger partial charge in [0.15, 0.2) is 0 Å². The Morgan fingerprint density at radius 3 is 2.20 bits per heavy atom. The molecule has 0 aliphatic rings. The van der Waals surface area contributed by atoms with E-state index in [-0.39, 0.29) is 16.6 Å². The number of urea groups is 1. The van der Waals surface area contributed by atoms with Crippen LogP contribution in [-0.4, -0.2) is 21.7 Å². The topological polar surface area (TPSA) is 88.0 Å². The smallest absolute Gasteiger partial charge is 0.322 e. The molecular weight excluding hydrogens is 402 g/mol. The largest absolute Gasteiger partial charge is 0.324 e. The van der Waals surface area contributed by atoms with E-state index in [2.05, 4.69) is 34.2 Å². The van der Waals surface area contributed by atoms with Crippen LogP contribution in [0, 0.1) is 0 Å². The number of aromatic nitrogens is 2. The van der Waals surface area contributed by atoms with E-state index in [9.17, 15) is 9.59 Å². The van der Waals surface area contributed by atoms with Crippen LogP contribution in [0.15, 0.2) is 84.4 Å². The number of halogens is 1. The number of rotatable bonds is 6. The van der Waals surface area contributed by atoms with Gasteiger partial charge in [-0.05, 0) is 24.3 Å². The Hall–Kier alpha value is -3.84. The Labute approximate surface area is 179 Å². The summed E-state index contributed by atoms with van der Waals surface area (Å²) in [6.45, 7) is 7.07. The Kier molecular flexibility index (Phi) is 6.34. The molecule has 152 valence electrons. The van der Waals surface area contributed by atoms with Crippen LogP contribution >= 0.6 is 11.6 Å². The third kappa shape index (κ3) is 5.15. The van der Waals surface area contributed by atoms with Gasteiger partial charge in [-0.25, -0.2) is 4.79 Å². The average molecular weight is 422 g/mol. The molecule has 0 aliphatic carbocycles. The third-order valence-corrected chi connectivity index (χ3v) is 4.42. The molecule has 1 aromatic heterocycles. The first-order valence-electron chi connectivity index (χ1n) is 8.96. The van der Waals surface area contributed by atoms with Gasteiger partial charge >= 0.3 is 6.03 Å². The van der Waals surface area contributed by atoms with Crippen LogP contribution in [0.5, 0.6) is 0 Å². The van der Waals surface area contributed by atoms with Gasteiger partial charge in [0.25, 0.3) is 5.91 Å². The van der Waals surface area contributed by atoms with Crippen LogP contribution in [0.2, 0.25) is 0 Å². The maximum atomic E-state index is 12.2. The number of carbonyl (C=O) groups excluding carboxylic acids is 2. The predicted molar refractivity (Wildman–Crippen MR) is 120 cm³/mol. The lowest BCUT2D eigenvalue weighted by Gasteiger charge is -2.07. The van der Waals surface area contributed by atoms with Gasteiger partial charge < -0.3 is 10.6 Å². The number of amides is 3. The number of nitrogens with zero attached hydrogens (tertiary/aromatic N) is 2. The van der Waals surface area contributed by atoms with Crippen molar-refractivity contribution in [2.75, 3.05) is 16.0 Å². The van der Waals surface area contributed by atoms with Gasteiger partial charge in [-0.1, -0.05) is 55.1 Å². The zero-order valence-corrected chi connectivity index (χ0v) is 17.0. The molecule has 1 heterocycles. The number of para-hydroxylation sites is 1. The summed E-state index contributed by atoms with van der Waals surface area (Å²) < 4.78 is 1.58. The lowest BCUT2D eigenvalue weighted by atomic mass is 10.1. The molecule has 0 aliphatic heterocycles. The first-order valence-corrected chi connectivity index (χ1v) is 9.34. The minimum Gasteiger partial charge on any atom is -0.322 e. The Balaban J connectivity index is 1.67. The Bertz CT molecular complexity index is 1100. The minimum absolute atomic E-state index is 0.0916. The van der Waals surface area contributed by atoms with Crippen molar-refractivity contribution < 1.29 is 9.59 Å². The molecule has 0 bridgehead atoms. The number of nitrogens with one attached hydrogen (secondary N) is 3. The van der Waals surface area contributed by atoms with Gasteiger partial charge in [0.1, 0.15) is 5.82 Å². The first kappa shape index (κ1) is 20.9. The summed E-state index contributed by atoms with van der Waals surface area (Å²) >= 11 is 5.69. The number of anilines is 3. The molecule has 0 saturated carbocycles. The lowest BCUT2D eigenvalue weighted by molar-refractivity contribution is -0.112. The summed E-state index contributed by atoms with van der Waals surface area (Å²) in [6.07, 6.45) is 0. The minimum atomic E-state index is -0.420. The molecule has 0 fully saturated rings. The molecular formula is C22H20ClN5O2. The van der Waals surface area contributed by atoms with Crippen molar-refractivity contribution >= 4 is 40.7 Å². The SMILES string of the molecule is C=C(Cl)C(=C)C(=O)Nc1ccc(-c2cc(NC(=O)Nc3ccccc3)n(C)n2)cc1. The molecule has 8 heteroatoms. The van der Waals surface area contributed by atoms with Gasteiger partial charge in [-0.3, -0.25) is 14.8 Å². The van der Waals surface area contributed by atoms with Gasteiger partial charge in [0.2, 0.25) is 0 Å². The summed E-state index contributed by atoms with van der Waals surface area (Å²) in [7, 11) is 1.74. The highest BCUT2D eigenvalue weighted by molar-refractivity contribution is 6.35. The fourth-order valence-electron chi connectivity index (χ4n) is 2.58. The van der Waals surface area contributed by atoms with Crippen molar-refractivity contribution in [1.82, 2.24) is 9.78 Å². The molecule has 0 saturated heterocycles. The van der Waals surface area contributed by atoms with Crippen molar-refractivity contribution in [3.05, 3.63) is 84.4 Å². The molecule has 3 aromatic rings. The number of carbonyl (C=O) groups is 2. The number of benzene rings is 2. The van der Waals surface area contributed by atoms with E-state index >= 15 is 0 Å². The van der Waals surface area contributed by atoms with E-state index in [1.165, 1.54) is 0 Å². The molecule has 30 heavy (non-hydrogen) atoms. The third-order valence-electron chi connectivity index (χ3n) is 4.19. The molecule has 2 aromatic carbocycles. The number of hydrogen-bond acceptors (Lipinski definition) is 3. The van der Waals surface area contributed by atoms with E-state index in [1.54, 1.807) is 42.1 Å². The summed E-state index contributed by atoms with van der Waals surface area (Å²) in [4.78, 5) is 24.2. The van der Waals surface area contributed by atoms with Gasteiger partial charge in [-0.2, -0.15) is 5.10 Å². The lowest BCUT2D eigenvalue weighted by Crippen LogP contribution is -2.20. The highest BCUT2D eigenvalue weighted by Gasteiger charge is 2.12. The Morgan fingerprint density at radius 2 is 1.57 bits per heavy atom. The van der Waals surface area contributed by atoms with Crippen LogP contribution < -0.4 is 16.0 Å². The van der Waals surface area contributed by atoms with E-state index in [0.29, 0.717) is 22.9 Å². The summed E-state index contributed by atoms with van der Waals surface area (Å²) in [5.74, 6) is 0.115. The van der Waals surface area contributed by atoms with Crippen LogP contribution in [-0.2, 0) is 11.8 Å². The molecule has 7 nitrogen and oxygen atoms in total. The fourth-order valence-corrected chi connectivity index (χ4v) is 2.67. The molecule has 0 unspecified atom stereocenters. The Morgan fingerprint density at radius 1 is 0.933 bits per heavy atom. The quantitative estimate of drug-likeness (QED) is 0.387. The van der Waals surface area contributed by atoms with Crippen molar-refractivity contribution in [2.45, 2.75) is 0 Å². The van der Waals surface area contributed by atoms with E-state index in [4.69, 9.17) is 11.6 Å². The average Bonchev–Trinajstić information content (AvgIpc) is 3.08. The maximum Gasteiger partial charge on any atom is 0.324 e. The molecule has 3 rings (SSSR count). The monoisotopic (exact) mass is 421 g/mol. The highest BCUT2D eigenvalue weighted by atomic mass is 35.5. The second-order valence-corrected chi connectivity index (χ2v) is 6.85. The second kappa shape index (κ2) is 9.11. The molecule has 0 spiro atoms. The number of hydrogen-bond donors (Lipinski definition) is 3. The number of aryl methyl sites for hydroxylation is 1. The summed E-state index contributed by atoms with van der Waals surface area (Å²) in [5, 5.41) is 12.7. The molecule has 0 atom stereocenters. The van der Waals surface area contributed by atoms with Crippen molar-refractivity contribution in [3.8, 4) is 11.3 Å². The maximum absolute atomic E-state index is 12.2. The van der Waals surface area contributed by atoms with E-state index < -0.39 is 5.91 Å². The van der Waals surface area contributed by atoms with Gasteiger partial charge in [-0.15, -0.1) is 0 Å². The van der Waals surface area contributed by atoms with E-state index in [0.717, 1.165) is 5.56 Å². The van der Waals surface area contributed by atoms with Crippen molar-refractivity contribution in [3.63, 3.8) is 0 Å². The molecule has 3 N–H and O–H groups in total. The van der Waals surface area contributed by atoms with Crippen molar-refractivity contribution in [2.24, 2.45) is 7.05 Å².